The minimum atomic E-state index is -0.930. The normalized spacial score (nSPS) is 32.2. The first-order valence-electron chi connectivity index (χ1n) is 9.06. The molecule has 1 saturated heterocycles. The van der Waals surface area contributed by atoms with Crippen LogP contribution in [0.4, 0.5) is 10.1 Å². The number of halogens is 1. The van der Waals surface area contributed by atoms with Gasteiger partial charge in [-0.2, -0.15) is 0 Å². The van der Waals surface area contributed by atoms with E-state index in [1.54, 1.807) is 19.2 Å². The molecule has 2 fully saturated rings. The molecule has 3 rings (SSSR count). The molecule has 1 aliphatic heterocycles. The summed E-state index contributed by atoms with van der Waals surface area (Å²) in [7, 11) is 1.65. The summed E-state index contributed by atoms with van der Waals surface area (Å²) in [6.45, 7) is 2.36. The molecule has 140 valence electrons. The maximum Gasteiger partial charge on any atom is 0.123 e. The van der Waals surface area contributed by atoms with E-state index >= 15 is 0 Å². The molecule has 1 aromatic rings. The van der Waals surface area contributed by atoms with E-state index in [0.29, 0.717) is 32.8 Å². The van der Waals surface area contributed by atoms with E-state index in [1.807, 2.05) is 0 Å². The molecule has 6 heteroatoms. The van der Waals surface area contributed by atoms with Crippen molar-refractivity contribution in [3.63, 3.8) is 0 Å². The Morgan fingerprint density at radius 3 is 2.84 bits per heavy atom. The van der Waals surface area contributed by atoms with Gasteiger partial charge in [0.25, 0.3) is 0 Å². The summed E-state index contributed by atoms with van der Waals surface area (Å²) < 4.78 is 29.8. The molecule has 1 heterocycles. The van der Waals surface area contributed by atoms with Gasteiger partial charge in [0.1, 0.15) is 11.4 Å². The third kappa shape index (κ3) is 4.31. The van der Waals surface area contributed by atoms with Crippen LogP contribution in [0.1, 0.15) is 25.7 Å². The summed E-state index contributed by atoms with van der Waals surface area (Å²) in [4.78, 5) is 0. The Balaban J connectivity index is 1.66. The highest BCUT2D eigenvalue weighted by molar-refractivity contribution is 5.45. The van der Waals surface area contributed by atoms with Crippen molar-refractivity contribution >= 4 is 5.69 Å². The first-order valence-corrected chi connectivity index (χ1v) is 9.06. The predicted molar refractivity (Wildman–Crippen MR) is 93.2 cm³/mol. The van der Waals surface area contributed by atoms with Crippen molar-refractivity contribution in [1.29, 1.82) is 0 Å². The average Bonchev–Trinajstić information content (AvgIpc) is 2.62. The third-order valence-electron chi connectivity index (χ3n) is 5.32. The Morgan fingerprint density at radius 1 is 1.28 bits per heavy atom. The molecule has 5 nitrogen and oxygen atoms in total. The van der Waals surface area contributed by atoms with Crippen LogP contribution in [0.15, 0.2) is 24.3 Å². The predicted octanol–water partition coefficient (Wildman–Crippen LogP) is 2.59. The summed E-state index contributed by atoms with van der Waals surface area (Å²) >= 11 is 0. The molecule has 0 spiro atoms. The van der Waals surface area contributed by atoms with E-state index in [2.05, 4.69) is 5.32 Å². The van der Waals surface area contributed by atoms with Crippen molar-refractivity contribution < 1.29 is 23.7 Å². The van der Waals surface area contributed by atoms with Crippen molar-refractivity contribution in [3.05, 3.63) is 30.1 Å². The fourth-order valence-electron chi connectivity index (χ4n) is 4.04. The Hall–Kier alpha value is -1.21. The Morgan fingerprint density at radius 2 is 2.08 bits per heavy atom. The Labute approximate surface area is 148 Å². The van der Waals surface area contributed by atoms with E-state index < -0.39 is 5.60 Å². The van der Waals surface area contributed by atoms with Crippen molar-refractivity contribution in [1.82, 2.24) is 0 Å². The lowest BCUT2D eigenvalue weighted by molar-refractivity contribution is -0.198. The molecule has 0 radical (unpaired) electrons. The monoisotopic (exact) mass is 353 g/mol. The van der Waals surface area contributed by atoms with Gasteiger partial charge in [0.15, 0.2) is 0 Å². The minimum Gasteiger partial charge on any atom is -0.385 e. The van der Waals surface area contributed by atoms with Crippen LogP contribution in [0.3, 0.4) is 0 Å². The molecule has 0 aromatic heterocycles. The van der Waals surface area contributed by atoms with Crippen molar-refractivity contribution in [3.8, 4) is 0 Å². The second kappa shape index (κ2) is 8.45. The fraction of sp³-hybridized carbons (Fsp3) is 0.684. The standard InChI is InChI=1S/C19H28FNO4/c1-23-11-12-24-13-14-3-8-17(19(22)9-2-10-25-18(14)19)21-16-6-4-15(20)5-7-16/h4-7,14,17-18,21-22H,2-3,8-13H2,1H3/t14-,17-,18+,19+/m0/s1. The summed E-state index contributed by atoms with van der Waals surface area (Å²) in [6, 6.07) is 6.15. The zero-order valence-electron chi connectivity index (χ0n) is 14.7. The van der Waals surface area contributed by atoms with Gasteiger partial charge in [0.05, 0.1) is 32.0 Å². The lowest BCUT2D eigenvalue weighted by Crippen LogP contribution is -2.64. The summed E-state index contributed by atoms with van der Waals surface area (Å²) in [6.07, 6.45) is 3.04. The van der Waals surface area contributed by atoms with Crippen LogP contribution in [0.25, 0.3) is 0 Å². The number of fused-ring (bicyclic) bond motifs is 1. The molecule has 25 heavy (non-hydrogen) atoms. The molecule has 1 aliphatic carbocycles. The largest absolute Gasteiger partial charge is 0.385 e. The summed E-state index contributed by atoms with van der Waals surface area (Å²) in [5, 5.41) is 14.8. The third-order valence-corrected chi connectivity index (χ3v) is 5.32. The Kier molecular flexibility index (Phi) is 6.28. The molecule has 2 N–H and O–H groups in total. The van der Waals surface area contributed by atoms with Crippen LogP contribution in [0.2, 0.25) is 0 Å². The number of hydrogen-bond donors (Lipinski definition) is 2. The minimum absolute atomic E-state index is 0.113. The van der Waals surface area contributed by atoms with Gasteiger partial charge in [-0.15, -0.1) is 0 Å². The zero-order chi connectivity index (χ0) is 17.7. The van der Waals surface area contributed by atoms with Crippen LogP contribution < -0.4 is 5.32 Å². The van der Waals surface area contributed by atoms with Gasteiger partial charge in [0.2, 0.25) is 0 Å². The first-order chi connectivity index (χ1) is 12.1. The molecule has 0 bridgehead atoms. The molecule has 1 saturated carbocycles. The van der Waals surface area contributed by atoms with Crippen LogP contribution in [0, 0.1) is 11.7 Å². The smallest absolute Gasteiger partial charge is 0.123 e. The second-order valence-electron chi connectivity index (χ2n) is 7.00. The van der Waals surface area contributed by atoms with E-state index in [4.69, 9.17) is 14.2 Å². The fourth-order valence-corrected chi connectivity index (χ4v) is 4.04. The average molecular weight is 353 g/mol. The number of aliphatic hydroxyl groups is 1. The number of ether oxygens (including phenoxy) is 3. The van der Waals surface area contributed by atoms with Gasteiger partial charge in [-0.1, -0.05) is 0 Å². The summed E-state index contributed by atoms with van der Waals surface area (Å²) in [5.41, 5.74) is -0.112. The van der Waals surface area contributed by atoms with E-state index in [1.165, 1.54) is 12.1 Å². The highest BCUT2D eigenvalue weighted by atomic mass is 19.1. The number of nitrogens with one attached hydrogen (secondary N) is 1. The van der Waals surface area contributed by atoms with Crippen LogP contribution >= 0.6 is 0 Å². The maximum atomic E-state index is 13.1. The van der Waals surface area contributed by atoms with Crippen LogP contribution in [-0.4, -0.2) is 56.4 Å². The number of anilines is 1. The van der Waals surface area contributed by atoms with E-state index in [0.717, 1.165) is 24.9 Å². The first kappa shape index (κ1) is 18.6. The molecule has 0 amide bonds. The Bertz CT molecular complexity index is 541. The molecule has 1 aromatic carbocycles. The van der Waals surface area contributed by atoms with Gasteiger partial charge in [-0.3, -0.25) is 0 Å². The van der Waals surface area contributed by atoms with Gasteiger partial charge in [-0.25, -0.2) is 4.39 Å². The molecule has 0 unspecified atom stereocenters. The zero-order valence-corrected chi connectivity index (χ0v) is 14.7. The number of rotatable bonds is 7. The summed E-state index contributed by atoms with van der Waals surface area (Å²) in [5.74, 6) is -0.0894. The van der Waals surface area contributed by atoms with Gasteiger partial charge in [-0.05, 0) is 49.9 Å². The highest BCUT2D eigenvalue weighted by Gasteiger charge is 2.52. The second-order valence-corrected chi connectivity index (χ2v) is 7.00. The number of benzene rings is 1. The van der Waals surface area contributed by atoms with Crippen LogP contribution in [-0.2, 0) is 14.2 Å². The molecule has 4 atom stereocenters. The van der Waals surface area contributed by atoms with Gasteiger partial charge in [0, 0.05) is 25.3 Å². The van der Waals surface area contributed by atoms with Crippen LogP contribution in [0.5, 0.6) is 0 Å². The molecule has 2 aliphatic rings. The van der Waals surface area contributed by atoms with E-state index in [9.17, 15) is 9.50 Å². The SMILES string of the molecule is COCCOC[C@@H]1CC[C@H](Nc2ccc(F)cc2)[C@]2(O)CCCO[C@H]12. The van der Waals surface area contributed by atoms with Gasteiger partial charge >= 0.3 is 0 Å². The van der Waals surface area contributed by atoms with Crippen molar-refractivity contribution in [2.45, 2.75) is 43.4 Å². The van der Waals surface area contributed by atoms with E-state index in [-0.39, 0.29) is 23.9 Å². The van der Waals surface area contributed by atoms with Crippen molar-refractivity contribution in [2.24, 2.45) is 5.92 Å². The number of hydrogen-bond acceptors (Lipinski definition) is 5. The van der Waals surface area contributed by atoms with Crippen molar-refractivity contribution in [2.75, 3.05) is 38.9 Å². The highest BCUT2D eigenvalue weighted by Crippen LogP contribution is 2.42. The quantitative estimate of drug-likeness (QED) is 0.738. The van der Waals surface area contributed by atoms with Gasteiger partial charge < -0.3 is 24.6 Å². The topological polar surface area (TPSA) is 60.0 Å². The lowest BCUT2D eigenvalue weighted by Gasteiger charge is -2.51. The lowest BCUT2D eigenvalue weighted by atomic mass is 9.69. The number of methoxy groups -OCH3 is 1. The molecular weight excluding hydrogens is 325 g/mol. The molecular formula is C19H28FNO4. The maximum absolute atomic E-state index is 13.1.